The highest BCUT2D eigenvalue weighted by Gasteiger charge is 2.35. The van der Waals surface area contributed by atoms with Gasteiger partial charge < -0.3 is 5.32 Å². The first kappa shape index (κ1) is 16.4. The Morgan fingerprint density at radius 3 is 2.84 bits per heavy atom. The van der Waals surface area contributed by atoms with E-state index in [1.807, 2.05) is 6.92 Å². The summed E-state index contributed by atoms with van der Waals surface area (Å²) in [4.78, 5) is 11.6. The zero-order chi connectivity index (χ0) is 14.3. The van der Waals surface area contributed by atoms with Crippen LogP contribution in [0.1, 0.15) is 32.6 Å². The Bertz CT molecular complexity index is 385. The normalized spacial score (nSPS) is 21.9. The minimum absolute atomic E-state index is 0.0516. The molecule has 0 aromatic heterocycles. The summed E-state index contributed by atoms with van der Waals surface area (Å²) in [7, 11) is -3.46. The third kappa shape index (κ3) is 4.72. The fraction of sp³-hybridized carbons (Fsp3) is 0.909. The van der Waals surface area contributed by atoms with E-state index < -0.39 is 22.0 Å². The molecule has 1 atom stereocenters. The first-order valence-corrected chi connectivity index (χ1v) is 8.28. The second-order valence-electron chi connectivity index (χ2n) is 4.68. The predicted molar refractivity (Wildman–Crippen MR) is 71.2 cm³/mol. The zero-order valence-corrected chi connectivity index (χ0v) is 12.1. The monoisotopic (exact) mass is 293 g/mol. The minimum Gasteiger partial charge on any atom is -0.315 e. The van der Waals surface area contributed by atoms with Gasteiger partial charge in [-0.2, -0.15) is 4.31 Å². The molecule has 0 spiro atoms. The number of nitrogens with zero attached hydrogens (tertiary/aromatic N) is 1. The van der Waals surface area contributed by atoms with Crippen LogP contribution in [0.5, 0.6) is 0 Å². The van der Waals surface area contributed by atoms with Crippen molar-refractivity contribution < 1.29 is 18.4 Å². The Morgan fingerprint density at radius 2 is 2.21 bits per heavy atom. The van der Waals surface area contributed by atoms with Crippen LogP contribution in [0.3, 0.4) is 0 Å². The topological polar surface area (TPSA) is 98.7 Å². The lowest BCUT2D eigenvalue weighted by molar-refractivity contribution is -0.132. The number of carbonyl (C=O) groups excluding carboxylic acids is 1. The van der Waals surface area contributed by atoms with E-state index in [1.54, 1.807) is 5.48 Å². The average molecular weight is 293 g/mol. The van der Waals surface area contributed by atoms with E-state index in [4.69, 9.17) is 5.21 Å². The molecule has 1 rings (SSSR count). The van der Waals surface area contributed by atoms with E-state index in [0.29, 0.717) is 25.9 Å². The largest absolute Gasteiger partial charge is 0.315 e. The molecule has 1 amide bonds. The average Bonchev–Trinajstić information content (AvgIpc) is 2.64. The third-order valence-corrected chi connectivity index (χ3v) is 5.15. The van der Waals surface area contributed by atoms with Gasteiger partial charge in [-0.3, -0.25) is 10.0 Å². The number of nitrogens with one attached hydrogen (secondary N) is 2. The Hall–Kier alpha value is -0.700. The second-order valence-corrected chi connectivity index (χ2v) is 6.72. The Balaban J connectivity index is 2.81. The van der Waals surface area contributed by atoms with Crippen molar-refractivity contribution in [1.82, 2.24) is 15.1 Å². The lowest BCUT2D eigenvalue weighted by atomic mass is 10.3. The summed E-state index contributed by atoms with van der Waals surface area (Å²) >= 11 is 0. The van der Waals surface area contributed by atoms with Crippen molar-refractivity contribution in [2.75, 3.05) is 25.4 Å². The van der Waals surface area contributed by atoms with E-state index in [-0.39, 0.29) is 12.3 Å². The van der Waals surface area contributed by atoms with Crippen molar-refractivity contribution in [2.24, 2.45) is 0 Å². The fourth-order valence-corrected chi connectivity index (χ4v) is 3.91. The summed E-state index contributed by atoms with van der Waals surface area (Å²) in [5, 5.41) is 11.7. The number of hydrogen-bond acceptors (Lipinski definition) is 5. The molecule has 1 aliphatic rings. The molecule has 1 fully saturated rings. The van der Waals surface area contributed by atoms with Crippen LogP contribution in [0, 0.1) is 0 Å². The standard InChI is InChI=1S/C11H23N3O4S/c1-2-3-4-8-19(17,18)14-7-5-6-12-9-10(14)11(15)13-16/h10,12,16H,2-9H2,1H3,(H,13,15). The van der Waals surface area contributed by atoms with Gasteiger partial charge in [-0.25, -0.2) is 13.9 Å². The maximum absolute atomic E-state index is 12.3. The lowest BCUT2D eigenvalue weighted by Crippen LogP contribution is -2.52. The molecule has 0 aromatic carbocycles. The predicted octanol–water partition coefficient (Wildman–Crippen LogP) is -0.324. The number of hydroxylamine groups is 1. The smallest absolute Gasteiger partial charge is 0.263 e. The van der Waals surface area contributed by atoms with Gasteiger partial charge in [0, 0.05) is 13.1 Å². The molecule has 7 nitrogen and oxygen atoms in total. The maximum atomic E-state index is 12.3. The number of unbranched alkanes of at least 4 members (excludes halogenated alkanes) is 2. The van der Waals surface area contributed by atoms with Gasteiger partial charge in [0.05, 0.1) is 5.75 Å². The summed E-state index contributed by atoms with van der Waals surface area (Å²) in [6.07, 6.45) is 3.04. The van der Waals surface area contributed by atoms with Crippen molar-refractivity contribution in [3.8, 4) is 0 Å². The molecule has 0 bridgehead atoms. The van der Waals surface area contributed by atoms with Crippen molar-refractivity contribution >= 4 is 15.9 Å². The summed E-state index contributed by atoms with van der Waals surface area (Å²) in [5.41, 5.74) is 1.55. The van der Waals surface area contributed by atoms with Gasteiger partial charge in [0.2, 0.25) is 10.0 Å². The van der Waals surface area contributed by atoms with Crippen LogP contribution in [-0.4, -0.2) is 55.3 Å². The van der Waals surface area contributed by atoms with Crippen LogP contribution in [0.4, 0.5) is 0 Å². The van der Waals surface area contributed by atoms with Gasteiger partial charge in [-0.05, 0) is 19.4 Å². The first-order valence-electron chi connectivity index (χ1n) is 6.67. The van der Waals surface area contributed by atoms with Crippen molar-refractivity contribution in [1.29, 1.82) is 0 Å². The summed E-state index contributed by atoms with van der Waals surface area (Å²) in [5.74, 6) is -0.635. The number of hydrogen-bond donors (Lipinski definition) is 3. The molecule has 0 radical (unpaired) electrons. The van der Waals surface area contributed by atoms with Crippen LogP contribution < -0.4 is 10.8 Å². The number of rotatable bonds is 6. The van der Waals surface area contributed by atoms with E-state index in [2.05, 4.69) is 5.32 Å². The number of carbonyl (C=O) groups is 1. The van der Waals surface area contributed by atoms with Gasteiger partial charge in [0.25, 0.3) is 5.91 Å². The first-order chi connectivity index (χ1) is 9.03. The highest BCUT2D eigenvalue weighted by Crippen LogP contribution is 2.13. The van der Waals surface area contributed by atoms with Crippen LogP contribution in [0.25, 0.3) is 0 Å². The molecular formula is C11H23N3O4S. The highest BCUT2D eigenvalue weighted by atomic mass is 32.2. The van der Waals surface area contributed by atoms with Gasteiger partial charge in [-0.15, -0.1) is 0 Å². The molecule has 3 N–H and O–H groups in total. The quantitative estimate of drug-likeness (QED) is 0.354. The summed E-state index contributed by atoms with van der Waals surface area (Å²) < 4.78 is 25.8. The van der Waals surface area contributed by atoms with E-state index in [9.17, 15) is 13.2 Å². The van der Waals surface area contributed by atoms with E-state index >= 15 is 0 Å². The van der Waals surface area contributed by atoms with Gasteiger partial charge in [0.15, 0.2) is 0 Å². The molecular weight excluding hydrogens is 270 g/mol. The van der Waals surface area contributed by atoms with Crippen molar-refractivity contribution in [2.45, 2.75) is 38.6 Å². The molecule has 8 heteroatoms. The fourth-order valence-electron chi connectivity index (χ4n) is 2.14. The van der Waals surface area contributed by atoms with Crippen LogP contribution in [0.2, 0.25) is 0 Å². The van der Waals surface area contributed by atoms with Crippen molar-refractivity contribution in [3.05, 3.63) is 0 Å². The Labute approximate surface area is 114 Å². The molecule has 19 heavy (non-hydrogen) atoms. The Morgan fingerprint density at radius 1 is 1.47 bits per heavy atom. The molecule has 1 heterocycles. The molecule has 112 valence electrons. The molecule has 1 unspecified atom stereocenters. The lowest BCUT2D eigenvalue weighted by Gasteiger charge is -2.27. The number of amides is 1. The molecule has 1 aliphatic heterocycles. The third-order valence-electron chi connectivity index (χ3n) is 3.19. The summed E-state index contributed by atoms with van der Waals surface area (Å²) in [6.45, 7) is 3.19. The molecule has 1 saturated heterocycles. The second kappa shape index (κ2) is 7.78. The molecule has 0 aliphatic carbocycles. The summed E-state index contributed by atoms with van der Waals surface area (Å²) in [6, 6.07) is -0.876. The van der Waals surface area contributed by atoms with Gasteiger partial charge in [0.1, 0.15) is 6.04 Å². The minimum atomic E-state index is -3.46. The molecule has 0 aromatic rings. The van der Waals surface area contributed by atoms with Gasteiger partial charge >= 0.3 is 0 Å². The Kier molecular flexibility index (Phi) is 6.70. The van der Waals surface area contributed by atoms with Crippen LogP contribution in [-0.2, 0) is 14.8 Å². The van der Waals surface area contributed by atoms with E-state index in [0.717, 1.165) is 12.8 Å². The van der Waals surface area contributed by atoms with Gasteiger partial charge in [-0.1, -0.05) is 19.8 Å². The SMILES string of the molecule is CCCCCS(=O)(=O)N1CCCNCC1C(=O)NO. The van der Waals surface area contributed by atoms with Crippen molar-refractivity contribution in [3.63, 3.8) is 0 Å². The van der Waals surface area contributed by atoms with Crippen LogP contribution in [0.15, 0.2) is 0 Å². The van der Waals surface area contributed by atoms with E-state index in [1.165, 1.54) is 4.31 Å². The van der Waals surface area contributed by atoms with Crippen LogP contribution >= 0.6 is 0 Å². The zero-order valence-electron chi connectivity index (χ0n) is 11.3. The highest BCUT2D eigenvalue weighted by molar-refractivity contribution is 7.89. The molecule has 0 saturated carbocycles. The number of sulfonamides is 1. The maximum Gasteiger partial charge on any atom is 0.263 e.